The molecule has 0 aliphatic rings. The van der Waals surface area contributed by atoms with Crippen molar-refractivity contribution in [2.75, 3.05) is 4.72 Å². The summed E-state index contributed by atoms with van der Waals surface area (Å²) in [5, 5.41) is 0. The molecule has 0 spiro atoms. The number of anilines is 1. The molecular weight excluding hydrogens is 238 g/mol. The Morgan fingerprint density at radius 3 is 1.71 bits per heavy atom. The van der Waals surface area contributed by atoms with Gasteiger partial charge in [0.1, 0.15) is 0 Å². The monoisotopic (exact) mass is 257 g/mol. The average Bonchev–Trinajstić information content (AvgIpc) is 2.14. The third-order valence-electron chi connectivity index (χ3n) is 2.56. The lowest BCUT2D eigenvalue weighted by Gasteiger charge is -2.14. The highest BCUT2D eigenvalue weighted by Crippen LogP contribution is 2.26. The van der Waals surface area contributed by atoms with E-state index >= 15 is 0 Å². The fourth-order valence-corrected chi connectivity index (χ4v) is 1.97. The first-order valence-electron chi connectivity index (χ1n) is 5.59. The van der Waals surface area contributed by atoms with Gasteiger partial charge in [-0.2, -0.15) is 8.42 Å². The summed E-state index contributed by atoms with van der Waals surface area (Å²) in [6.45, 7) is 8.15. The maximum absolute atomic E-state index is 10.8. The fourth-order valence-electron chi connectivity index (χ4n) is 1.55. The fraction of sp³-hybridized carbons (Fsp3) is 0.500. The highest BCUT2D eigenvalue weighted by Gasteiger charge is 2.10. The van der Waals surface area contributed by atoms with Gasteiger partial charge in [0.05, 0.1) is 5.69 Å². The van der Waals surface area contributed by atoms with Gasteiger partial charge in [-0.15, -0.1) is 0 Å². The molecule has 1 rings (SSSR count). The van der Waals surface area contributed by atoms with Crippen molar-refractivity contribution in [3.63, 3.8) is 0 Å². The van der Waals surface area contributed by atoms with Gasteiger partial charge < -0.3 is 0 Å². The molecular formula is C12H19NO3S. The van der Waals surface area contributed by atoms with Crippen LogP contribution in [0.4, 0.5) is 5.69 Å². The zero-order valence-electron chi connectivity index (χ0n) is 10.6. The number of hydrogen-bond donors (Lipinski definition) is 2. The van der Waals surface area contributed by atoms with Crippen molar-refractivity contribution < 1.29 is 13.0 Å². The number of nitrogens with one attached hydrogen (secondary N) is 1. The topological polar surface area (TPSA) is 66.4 Å². The zero-order chi connectivity index (χ0) is 13.2. The maximum atomic E-state index is 10.8. The van der Waals surface area contributed by atoms with Crippen LogP contribution >= 0.6 is 0 Å². The van der Waals surface area contributed by atoms with Gasteiger partial charge >= 0.3 is 10.3 Å². The summed E-state index contributed by atoms with van der Waals surface area (Å²) >= 11 is 0. The molecule has 0 bridgehead atoms. The van der Waals surface area contributed by atoms with Gasteiger partial charge in [0.15, 0.2) is 0 Å². The van der Waals surface area contributed by atoms with E-state index < -0.39 is 10.3 Å². The molecule has 0 saturated heterocycles. The summed E-state index contributed by atoms with van der Waals surface area (Å²) in [4.78, 5) is 0. The van der Waals surface area contributed by atoms with Crippen molar-refractivity contribution in [1.29, 1.82) is 0 Å². The second kappa shape index (κ2) is 5.06. The van der Waals surface area contributed by atoms with Crippen LogP contribution in [0.2, 0.25) is 0 Å². The molecule has 96 valence electrons. The van der Waals surface area contributed by atoms with Gasteiger partial charge in [-0.1, -0.05) is 33.8 Å². The Kier molecular flexibility index (Phi) is 4.16. The van der Waals surface area contributed by atoms with Gasteiger partial charge in [0.25, 0.3) is 0 Å². The Morgan fingerprint density at radius 1 is 1.00 bits per heavy atom. The first kappa shape index (κ1) is 14.0. The molecule has 1 aromatic rings. The van der Waals surface area contributed by atoms with Gasteiger partial charge in [-0.3, -0.25) is 9.27 Å². The van der Waals surface area contributed by atoms with E-state index in [0.29, 0.717) is 17.5 Å². The van der Waals surface area contributed by atoms with Gasteiger partial charge in [0.2, 0.25) is 0 Å². The molecule has 0 saturated carbocycles. The van der Waals surface area contributed by atoms with Crippen LogP contribution in [0.15, 0.2) is 18.2 Å². The second-order valence-corrected chi connectivity index (χ2v) is 5.93. The molecule has 0 fully saturated rings. The molecule has 0 aliphatic carbocycles. The molecule has 0 radical (unpaired) electrons. The van der Waals surface area contributed by atoms with Crippen LogP contribution in [0.1, 0.15) is 50.7 Å². The molecule has 0 heterocycles. The lowest BCUT2D eigenvalue weighted by atomic mass is 9.95. The Hall–Kier alpha value is -1.07. The summed E-state index contributed by atoms with van der Waals surface area (Å²) in [7, 11) is -4.21. The van der Waals surface area contributed by atoms with Crippen molar-refractivity contribution in [2.45, 2.75) is 39.5 Å². The van der Waals surface area contributed by atoms with E-state index in [0.717, 1.165) is 11.1 Å². The lowest BCUT2D eigenvalue weighted by molar-refractivity contribution is 0.489. The molecule has 4 nitrogen and oxygen atoms in total. The van der Waals surface area contributed by atoms with Crippen molar-refractivity contribution in [3.8, 4) is 0 Å². The second-order valence-electron chi connectivity index (χ2n) is 4.77. The predicted molar refractivity (Wildman–Crippen MR) is 69.8 cm³/mol. The molecule has 0 aliphatic heterocycles. The van der Waals surface area contributed by atoms with Gasteiger partial charge in [-0.25, -0.2) is 0 Å². The Morgan fingerprint density at radius 2 is 1.41 bits per heavy atom. The summed E-state index contributed by atoms with van der Waals surface area (Å²) in [6, 6.07) is 5.54. The van der Waals surface area contributed by atoms with E-state index in [4.69, 9.17) is 4.55 Å². The summed E-state index contributed by atoms with van der Waals surface area (Å²) in [6.07, 6.45) is 0. The number of benzene rings is 1. The molecule has 0 aromatic heterocycles. The van der Waals surface area contributed by atoms with E-state index in [1.54, 1.807) is 12.1 Å². The highest BCUT2D eigenvalue weighted by molar-refractivity contribution is 7.87. The predicted octanol–water partition coefficient (Wildman–Crippen LogP) is 3.15. The third-order valence-corrected chi connectivity index (χ3v) is 3.05. The van der Waals surface area contributed by atoms with Crippen LogP contribution in [0, 0.1) is 0 Å². The Balaban J connectivity index is 3.22. The van der Waals surface area contributed by atoms with E-state index in [2.05, 4.69) is 10.8 Å². The highest BCUT2D eigenvalue weighted by atomic mass is 32.2. The SMILES string of the molecule is CC(C)c1cc(NS(=O)(=O)O)cc(C(C)C)c1. The van der Waals surface area contributed by atoms with Gasteiger partial charge in [0, 0.05) is 0 Å². The molecule has 2 N–H and O–H groups in total. The first-order valence-corrected chi connectivity index (χ1v) is 7.03. The van der Waals surface area contributed by atoms with Crippen LogP contribution < -0.4 is 4.72 Å². The molecule has 0 amide bonds. The number of rotatable bonds is 4. The van der Waals surface area contributed by atoms with Crippen molar-refractivity contribution in [3.05, 3.63) is 29.3 Å². The van der Waals surface area contributed by atoms with E-state index in [9.17, 15) is 8.42 Å². The maximum Gasteiger partial charge on any atom is 0.357 e. The Labute approximate surface area is 103 Å². The number of hydrogen-bond acceptors (Lipinski definition) is 2. The molecule has 17 heavy (non-hydrogen) atoms. The van der Waals surface area contributed by atoms with E-state index in [-0.39, 0.29) is 0 Å². The normalized spacial score (nSPS) is 12.2. The van der Waals surface area contributed by atoms with E-state index in [1.165, 1.54) is 0 Å². The minimum Gasteiger partial charge on any atom is -0.269 e. The van der Waals surface area contributed by atoms with Crippen LogP contribution in [0.5, 0.6) is 0 Å². The molecule has 0 unspecified atom stereocenters. The largest absolute Gasteiger partial charge is 0.357 e. The minimum atomic E-state index is -4.21. The Bertz CT molecular complexity index is 466. The smallest absolute Gasteiger partial charge is 0.269 e. The summed E-state index contributed by atoms with van der Waals surface area (Å²) < 4.78 is 32.5. The van der Waals surface area contributed by atoms with Crippen molar-refractivity contribution in [1.82, 2.24) is 0 Å². The van der Waals surface area contributed by atoms with Gasteiger partial charge in [-0.05, 0) is 35.1 Å². The minimum absolute atomic E-state index is 0.302. The van der Waals surface area contributed by atoms with Crippen molar-refractivity contribution in [2.24, 2.45) is 0 Å². The van der Waals surface area contributed by atoms with Crippen molar-refractivity contribution >= 4 is 16.0 Å². The molecule has 1 aromatic carbocycles. The molecule has 5 heteroatoms. The van der Waals surface area contributed by atoms with Crippen LogP contribution in [0.25, 0.3) is 0 Å². The zero-order valence-corrected chi connectivity index (χ0v) is 11.4. The average molecular weight is 257 g/mol. The van der Waals surface area contributed by atoms with Crippen LogP contribution in [0.3, 0.4) is 0 Å². The summed E-state index contributed by atoms with van der Waals surface area (Å²) in [5.41, 5.74) is 2.49. The molecule has 0 atom stereocenters. The third kappa shape index (κ3) is 4.36. The van der Waals surface area contributed by atoms with Crippen LogP contribution in [-0.4, -0.2) is 13.0 Å². The van der Waals surface area contributed by atoms with Crippen LogP contribution in [-0.2, 0) is 10.3 Å². The lowest BCUT2D eigenvalue weighted by Crippen LogP contribution is -2.11. The first-order chi connectivity index (χ1) is 7.69. The quantitative estimate of drug-likeness (QED) is 0.814. The summed E-state index contributed by atoms with van der Waals surface area (Å²) in [5.74, 6) is 0.603. The van der Waals surface area contributed by atoms with E-state index in [1.807, 2.05) is 27.7 Å². The standard InChI is InChI=1S/C12H19NO3S/c1-8(2)10-5-11(9(3)4)7-12(6-10)13-17(14,15)16/h5-9,13H,1-4H3,(H,14,15,16).